The van der Waals surface area contributed by atoms with Gasteiger partial charge in [-0.3, -0.25) is 4.79 Å². The van der Waals surface area contributed by atoms with Gasteiger partial charge in [0.25, 0.3) is 0 Å². The van der Waals surface area contributed by atoms with E-state index in [1.54, 1.807) is 48.7 Å². The van der Waals surface area contributed by atoms with E-state index in [1.807, 2.05) is 30.3 Å². The van der Waals surface area contributed by atoms with E-state index in [1.165, 1.54) is 0 Å². The molecule has 0 atom stereocenters. The summed E-state index contributed by atoms with van der Waals surface area (Å²) in [5, 5.41) is 0. The Kier molecular flexibility index (Phi) is 5.59. The second-order valence-corrected chi connectivity index (χ2v) is 7.29. The molecular weight excluding hydrogens is 422 g/mol. The molecule has 0 saturated carbocycles. The van der Waals surface area contributed by atoms with Gasteiger partial charge in [-0.1, -0.05) is 48.5 Å². The van der Waals surface area contributed by atoms with Crippen molar-refractivity contribution >= 4 is 11.8 Å². The van der Waals surface area contributed by atoms with Crippen LogP contribution in [0.2, 0.25) is 0 Å². The van der Waals surface area contributed by atoms with Gasteiger partial charge in [0.1, 0.15) is 13.2 Å². The fourth-order valence-electron chi connectivity index (χ4n) is 3.52. The number of carbonyl (C=O) groups excluding carboxylic acids is 2. The van der Waals surface area contributed by atoms with E-state index in [9.17, 15) is 9.59 Å². The quantitative estimate of drug-likeness (QED) is 0.317. The molecule has 7 heteroatoms. The Balaban J connectivity index is 1.32. The molecule has 3 aromatic carbocycles. The Hall–Kier alpha value is -4.39. The molecule has 0 radical (unpaired) electrons. The number of ketones is 1. The summed E-state index contributed by atoms with van der Waals surface area (Å²) >= 11 is 0. The summed E-state index contributed by atoms with van der Waals surface area (Å²) in [5.41, 5.74) is 1.65. The zero-order valence-corrected chi connectivity index (χ0v) is 17.5. The van der Waals surface area contributed by atoms with Crippen LogP contribution in [0.5, 0.6) is 11.5 Å². The van der Waals surface area contributed by atoms with Gasteiger partial charge in [-0.05, 0) is 24.3 Å². The van der Waals surface area contributed by atoms with Crippen LogP contribution in [-0.4, -0.2) is 30.0 Å². The Bertz CT molecular complexity index is 1310. The van der Waals surface area contributed by atoms with Crippen molar-refractivity contribution < 1.29 is 28.2 Å². The fraction of sp³-hybridized carbons (Fsp3) is 0.115. The molecule has 1 aromatic heterocycles. The van der Waals surface area contributed by atoms with Gasteiger partial charge in [-0.25, -0.2) is 9.78 Å². The van der Waals surface area contributed by atoms with E-state index in [2.05, 4.69) is 4.98 Å². The number of hydrogen-bond acceptors (Lipinski definition) is 7. The van der Waals surface area contributed by atoms with Crippen molar-refractivity contribution in [2.75, 3.05) is 13.2 Å². The number of fused-ring (bicyclic) bond motifs is 1. The smallest absolute Gasteiger partial charge is 0.339 e. The Morgan fingerprint density at radius 2 is 1.58 bits per heavy atom. The molecule has 4 aromatic rings. The van der Waals surface area contributed by atoms with Gasteiger partial charge in [0, 0.05) is 16.7 Å². The highest BCUT2D eigenvalue weighted by Crippen LogP contribution is 2.32. The summed E-state index contributed by atoms with van der Waals surface area (Å²) in [6, 6.07) is 21.0. The monoisotopic (exact) mass is 441 g/mol. The number of benzene rings is 3. The third-order valence-electron chi connectivity index (χ3n) is 5.13. The zero-order chi connectivity index (χ0) is 22.6. The molecule has 5 rings (SSSR count). The molecular formula is C26H19NO6. The Morgan fingerprint density at radius 3 is 2.39 bits per heavy atom. The van der Waals surface area contributed by atoms with Gasteiger partial charge in [0.15, 0.2) is 29.6 Å². The van der Waals surface area contributed by atoms with Crippen LogP contribution in [0, 0.1) is 0 Å². The lowest BCUT2D eigenvalue weighted by Gasteiger charge is -2.18. The lowest BCUT2D eigenvalue weighted by atomic mass is 9.98. The number of hydrogen-bond donors (Lipinski definition) is 0. The van der Waals surface area contributed by atoms with Crippen LogP contribution in [0.25, 0.3) is 11.3 Å². The van der Waals surface area contributed by atoms with Gasteiger partial charge in [0.05, 0.1) is 11.8 Å². The minimum atomic E-state index is -0.643. The maximum atomic E-state index is 13.2. The summed E-state index contributed by atoms with van der Waals surface area (Å²) in [4.78, 5) is 30.1. The molecule has 0 aliphatic carbocycles. The lowest BCUT2D eigenvalue weighted by molar-refractivity contribution is 0.0436. The first kappa shape index (κ1) is 20.5. The summed E-state index contributed by atoms with van der Waals surface area (Å²) < 4.78 is 22.1. The first-order chi connectivity index (χ1) is 16.2. The van der Waals surface area contributed by atoms with Crippen LogP contribution >= 0.6 is 0 Å². The molecule has 1 aliphatic rings. The van der Waals surface area contributed by atoms with Crippen molar-refractivity contribution in [3.63, 3.8) is 0 Å². The molecule has 33 heavy (non-hydrogen) atoms. The maximum absolute atomic E-state index is 13.2. The summed E-state index contributed by atoms with van der Waals surface area (Å²) in [5.74, 6) is 0.975. The fourth-order valence-corrected chi connectivity index (χ4v) is 3.52. The highest BCUT2D eigenvalue weighted by Gasteiger charge is 2.22. The predicted octanol–water partition coefficient (Wildman–Crippen LogP) is 4.70. The van der Waals surface area contributed by atoms with E-state index >= 15 is 0 Å². The highest BCUT2D eigenvalue weighted by atomic mass is 16.6. The topological polar surface area (TPSA) is 87.9 Å². The SMILES string of the molecule is O=C(OCc1ncc(-c2ccccc2)o1)c1ccccc1C(=O)c1ccc2c(c1)OCCO2. The number of esters is 1. The average molecular weight is 441 g/mol. The van der Waals surface area contributed by atoms with E-state index in [-0.39, 0.29) is 29.4 Å². The van der Waals surface area contributed by atoms with Crippen LogP contribution in [0.1, 0.15) is 32.2 Å². The van der Waals surface area contributed by atoms with E-state index in [4.69, 9.17) is 18.6 Å². The molecule has 1 aliphatic heterocycles. The molecule has 164 valence electrons. The van der Waals surface area contributed by atoms with Gasteiger partial charge in [0.2, 0.25) is 5.89 Å². The minimum Gasteiger partial charge on any atom is -0.486 e. The number of carbonyl (C=O) groups is 2. The van der Waals surface area contributed by atoms with E-state index in [0.717, 1.165) is 5.56 Å². The van der Waals surface area contributed by atoms with Gasteiger partial charge >= 0.3 is 5.97 Å². The first-order valence-electron chi connectivity index (χ1n) is 10.4. The van der Waals surface area contributed by atoms with E-state index in [0.29, 0.717) is 36.0 Å². The largest absolute Gasteiger partial charge is 0.486 e. The van der Waals surface area contributed by atoms with E-state index < -0.39 is 5.97 Å². The molecule has 0 N–H and O–H groups in total. The summed E-state index contributed by atoms with van der Waals surface area (Å²) in [6.07, 6.45) is 1.58. The number of ether oxygens (including phenoxy) is 3. The first-order valence-corrected chi connectivity index (χ1v) is 10.4. The standard InChI is InChI=1S/C26H19NO6/c28-25(18-10-11-21-22(14-18)31-13-12-30-21)19-8-4-5-9-20(19)26(29)32-16-24-27-15-23(33-24)17-6-2-1-3-7-17/h1-11,14-15H,12-13,16H2. The second-order valence-electron chi connectivity index (χ2n) is 7.29. The average Bonchev–Trinajstić information content (AvgIpc) is 3.36. The van der Waals surface area contributed by atoms with Gasteiger partial charge in [-0.15, -0.1) is 0 Å². The van der Waals surface area contributed by atoms with Crippen molar-refractivity contribution in [2.24, 2.45) is 0 Å². The molecule has 0 unspecified atom stereocenters. The van der Waals surface area contributed by atoms with Crippen molar-refractivity contribution in [2.45, 2.75) is 6.61 Å². The lowest BCUT2D eigenvalue weighted by Crippen LogP contribution is -2.16. The zero-order valence-electron chi connectivity index (χ0n) is 17.5. The van der Waals surface area contributed by atoms with Crippen molar-refractivity contribution in [1.82, 2.24) is 4.98 Å². The summed E-state index contributed by atoms with van der Waals surface area (Å²) in [6.45, 7) is 0.727. The maximum Gasteiger partial charge on any atom is 0.339 e. The van der Waals surface area contributed by atoms with Crippen LogP contribution in [0.15, 0.2) is 83.4 Å². The number of oxazole rings is 1. The van der Waals surface area contributed by atoms with Crippen molar-refractivity contribution in [3.05, 3.63) is 102 Å². The molecule has 0 spiro atoms. The molecule has 2 heterocycles. The van der Waals surface area contributed by atoms with Crippen molar-refractivity contribution in [3.8, 4) is 22.8 Å². The molecule has 0 saturated heterocycles. The predicted molar refractivity (Wildman–Crippen MR) is 118 cm³/mol. The summed E-state index contributed by atoms with van der Waals surface area (Å²) in [7, 11) is 0. The number of aromatic nitrogens is 1. The molecule has 7 nitrogen and oxygen atoms in total. The van der Waals surface area contributed by atoms with Crippen molar-refractivity contribution in [1.29, 1.82) is 0 Å². The number of nitrogens with zero attached hydrogens (tertiary/aromatic N) is 1. The third kappa shape index (κ3) is 4.34. The second kappa shape index (κ2) is 9.00. The molecule has 0 bridgehead atoms. The normalized spacial score (nSPS) is 12.2. The highest BCUT2D eigenvalue weighted by molar-refractivity contribution is 6.14. The van der Waals surface area contributed by atoms with Gasteiger partial charge in [-0.2, -0.15) is 0 Å². The Morgan fingerprint density at radius 1 is 0.848 bits per heavy atom. The van der Waals surface area contributed by atoms with Crippen LogP contribution in [-0.2, 0) is 11.3 Å². The third-order valence-corrected chi connectivity index (χ3v) is 5.13. The van der Waals surface area contributed by atoms with Crippen LogP contribution in [0.3, 0.4) is 0 Å². The molecule has 0 fully saturated rings. The van der Waals surface area contributed by atoms with Crippen LogP contribution < -0.4 is 9.47 Å². The Labute approximate surface area is 189 Å². The number of rotatable bonds is 6. The minimum absolute atomic E-state index is 0.155. The molecule has 0 amide bonds. The van der Waals surface area contributed by atoms with Crippen LogP contribution in [0.4, 0.5) is 0 Å². The van der Waals surface area contributed by atoms with Gasteiger partial charge < -0.3 is 18.6 Å².